The number of rotatable bonds is 2. The van der Waals surface area contributed by atoms with E-state index in [1.54, 1.807) is 0 Å². The van der Waals surface area contributed by atoms with Crippen LogP contribution in [0.25, 0.3) is 0 Å². The summed E-state index contributed by atoms with van der Waals surface area (Å²) < 4.78 is 5.53. The van der Waals surface area contributed by atoms with E-state index in [4.69, 9.17) is 4.74 Å². The zero-order valence-electron chi connectivity index (χ0n) is 8.29. The molecule has 1 rings (SSSR count). The van der Waals surface area contributed by atoms with E-state index in [0.29, 0.717) is 12.1 Å². The van der Waals surface area contributed by atoms with Gasteiger partial charge in [-0.05, 0) is 20.8 Å². The first-order valence-corrected chi connectivity index (χ1v) is 4.71. The maximum atomic E-state index is 5.53. The van der Waals surface area contributed by atoms with Gasteiger partial charge < -0.3 is 4.74 Å². The molecule has 0 amide bonds. The average molecular weight is 169 g/mol. The second-order valence-electron chi connectivity index (χ2n) is 3.52. The van der Waals surface area contributed by atoms with Crippen LogP contribution in [0.2, 0.25) is 0 Å². The van der Waals surface area contributed by atoms with E-state index in [1.165, 1.54) is 0 Å². The normalized spacial score (nSPS) is 32.9. The van der Waals surface area contributed by atoms with Crippen molar-refractivity contribution >= 4 is 0 Å². The molecule has 1 saturated heterocycles. The molecule has 0 saturated carbocycles. The molecule has 2 atom stereocenters. The van der Waals surface area contributed by atoms with Gasteiger partial charge in [0.25, 0.3) is 0 Å². The summed E-state index contributed by atoms with van der Waals surface area (Å²) in [5, 5.41) is 0. The van der Waals surface area contributed by atoms with Gasteiger partial charge in [-0.15, -0.1) is 0 Å². The lowest BCUT2D eigenvalue weighted by atomic mass is 10.2. The Bertz CT molecular complexity index is 156. The highest BCUT2D eigenvalue weighted by atomic mass is 16.5. The Morgan fingerprint density at radius 1 is 1.50 bits per heavy atom. The molecular formula is C10H19NO. The van der Waals surface area contributed by atoms with Gasteiger partial charge in [-0.1, -0.05) is 12.2 Å². The number of hydrogen-bond acceptors (Lipinski definition) is 2. The zero-order chi connectivity index (χ0) is 8.97. The summed E-state index contributed by atoms with van der Waals surface area (Å²) in [6, 6.07) is 0.567. The predicted molar refractivity (Wildman–Crippen MR) is 51.3 cm³/mol. The molecule has 0 aromatic carbocycles. The summed E-state index contributed by atoms with van der Waals surface area (Å²) in [7, 11) is 0. The summed E-state index contributed by atoms with van der Waals surface area (Å²) in [4.78, 5) is 2.45. The second kappa shape index (κ2) is 4.63. The molecule has 0 spiro atoms. The van der Waals surface area contributed by atoms with Crippen LogP contribution in [0.15, 0.2) is 12.2 Å². The van der Waals surface area contributed by atoms with Crippen molar-refractivity contribution in [1.29, 1.82) is 0 Å². The van der Waals surface area contributed by atoms with Crippen molar-refractivity contribution in [2.45, 2.75) is 32.9 Å². The molecule has 0 N–H and O–H groups in total. The highest BCUT2D eigenvalue weighted by molar-refractivity contribution is 4.85. The van der Waals surface area contributed by atoms with Crippen LogP contribution < -0.4 is 0 Å². The zero-order valence-corrected chi connectivity index (χ0v) is 8.29. The molecule has 0 bridgehead atoms. The number of nitrogens with zero attached hydrogens (tertiary/aromatic N) is 1. The summed E-state index contributed by atoms with van der Waals surface area (Å²) in [5.74, 6) is 0. The Labute approximate surface area is 75.2 Å². The number of morpholine rings is 1. The molecule has 0 aromatic rings. The minimum Gasteiger partial charge on any atom is -0.376 e. The Morgan fingerprint density at radius 3 is 2.92 bits per heavy atom. The monoisotopic (exact) mass is 169 g/mol. The largest absolute Gasteiger partial charge is 0.376 e. The minimum absolute atomic E-state index is 0.395. The fourth-order valence-electron chi connectivity index (χ4n) is 1.47. The van der Waals surface area contributed by atoms with Gasteiger partial charge in [0.2, 0.25) is 0 Å². The Morgan fingerprint density at radius 2 is 2.25 bits per heavy atom. The second-order valence-corrected chi connectivity index (χ2v) is 3.52. The van der Waals surface area contributed by atoms with E-state index < -0.39 is 0 Å². The number of ether oxygens (including phenoxy) is 1. The summed E-state index contributed by atoms with van der Waals surface area (Å²) in [6.07, 6.45) is 4.70. The van der Waals surface area contributed by atoms with Crippen LogP contribution in [0.4, 0.5) is 0 Å². The van der Waals surface area contributed by atoms with E-state index in [1.807, 2.05) is 0 Å². The van der Waals surface area contributed by atoms with Gasteiger partial charge in [-0.2, -0.15) is 0 Å². The lowest BCUT2D eigenvalue weighted by Crippen LogP contribution is -2.47. The van der Waals surface area contributed by atoms with Crippen molar-refractivity contribution in [3.63, 3.8) is 0 Å². The Balaban J connectivity index is 2.38. The molecule has 1 aliphatic rings. The van der Waals surface area contributed by atoms with Crippen molar-refractivity contribution in [2.75, 3.05) is 19.7 Å². The lowest BCUT2D eigenvalue weighted by molar-refractivity contribution is -0.0447. The molecule has 2 heteroatoms. The number of hydrogen-bond donors (Lipinski definition) is 0. The molecule has 0 aliphatic carbocycles. The van der Waals surface area contributed by atoms with E-state index in [-0.39, 0.29) is 0 Å². The first-order chi connectivity index (χ1) is 5.74. The van der Waals surface area contributed by atoms with Gasteiger partial charge in [0.05, 0.1) is 12.7 Å². The average Bonchev–Trinajstić information content (AvgIpc) is 2.07. The summed E-state index contributed by atoms with van der Waals surface area (Å²) >= 11 is 0. The van der Waals surface area contributed by atoms with Gasteiger partial charge in [-0.3, -0.25) is 4.90 Å². The van der Waals surface area contributed by atoms with Crippen LogP contribution in [-0.4, -0.2) is 36.7 Å². The van der Waals surface area contributed by atoms with Crippen LogP contribution in [-0.2, 0) is 4.74 Å². The molecule has 2 nitrogen and oxygen atoms in total. The highest BCUT2D eigenvalue weighted by Crippen LogP contribution is 2.10. The van der Waals surface area contributed by atoms with Crippen molar-refractivity contribution in [1.82, 2.24) is 4.90 Å². The maximum Gasteiger partial charge on any atom is 0.0674 e. The molecule has 70 valence electrons. The highest BCUT2D eigenvalue weighted by Gasteiger charge is 2.21. The van der Waals surface area contributed by atoms with E-state index in [0.717, 1.165) is 19.7 Å². The van der Waals surface area contributed by atoms with Gasteiger partial charge in [0.15, 0.2) is 0 Å². The van der Waals surface area contributed by atoms with E-state index in [9.17, 15) is 0 Å². The third-order valence-electron chi connectivity index (χ3n) is 2.31. The van der Waals surface area contributed by atoms with Crippen LogP contribution in [0.5, 0.6) is 0 Å². The summed E-state index contributed by atoms with van der Waals surface area (Å²) in [5.41, 5.74) is 0. The topological polar surface area (TPSA) is 12.5 Å². The van der Waals surface area contributed by atoms with Crippen LogP contribution in [0.1, 0.15) is 20.8 Å². The first kappa shape index (κ1) is 9.75. The van der Waals surface area contributed by atoms with Gasteiger partial charge >= 0.3 is 0 Å². The minimum atomic E-state index is 0.395. The smallest absolute Gasteiger partial charge is 0.0674 e. The molecule has 1 heterocycles. The third kappa shape index (κ3) is 2.61. The molecular weight excluding hydrogens is 150 g/mol. The van der Waals surface area contributed by atoms with Crippen molar-refractivity contribution in [3.8, 4) is 0 Å². The molecule has 2 unspecified atom stereocenters. The van der Waals surface area contributed by atoms with Crippen LogP contribution >= 0.6 is 0 Å². The molecule has 1 fully saturated rings. The quantitative estimate of drug-likeness (QED) is 0.583. The van der Waals surface area contributed by atoms with Crippen LogP contribution in [0, 0.1) is 0 Å². The number of allylic oxidation sites excluding steroid dienone is 1. The van der Waals surface area contributed by atoms with Gasteiger partial charge in [-0.25, -0.2) is 0 Å². The fraction of sp³-hybridized carbons (Fsp3) is 0.800. The maximum absolute atomic E-state index is 5.53. The Kier molecular flexibility index (Phi) is 3.76. The summed E-state index contributed by atoms with van der Waals surface area (Å²) in [6.45, 7) is 9.41. The molecule has 12 heavy (non-hydrogen) atoms. The van der Waals surface area contributed by atoms with Crippen molar-refractivity contribution in [2.24, 2.45) is 0 Å². The molecule has 1 aliphatic heterocycles. The van der Waals surface area contributed by atoms with Gasteiger partial charge in [0.1, 0.15) is 0 Å². The lowest BCUT2D eigenvalue weighted by Gasteiger charge is -2.36. The van der Waals surface area contributed by atoms with E-state index in [2.05, 4.69) is 37.8 Å². The molecule has 0 aromatic heterocycles. The van der Waals surface area contributed by atoms with Gasteiger partial charge in [0, 0.05) is 19.1 Å². The Hall–Kier alpha value is -0.340. The van der Waals surface area contributed by atoms with Crippen LogP contribution in [0.3, 0.4) is 0 Å². The first-order valence-electron chi connectivity index (χ1n) is 4.71. The van der Waals surface area contributed by atoms with Crippen molar-refractivity contribution < 1.29 is 4.74 Å². The third-order valence-corrected chi connectivity index (χ3v) is 2.31. The van der Waals surface area contributed by atoms with Crippen molar-refractivity contribution in [3.05, 3.63) is 12.2 Å². The predicted octanol–water partition coefficient (Wildman–Crippen LogP) is 1.67. The SMILES string of the molecule is C/C=C/CN1CC(C)OCC1C. The molecule has 0 radical (unpaired) electrons. The fourth-order valence-corrected chi connectivity index (χ4v) is 1.47. The standard InChI is InChI=1S/C10H19NO/c1-4-5-6-11-7-10(3)12-8-9(11)2/h4-5,9-10H,6-8H2,1-3H3/b5-4+. The van der Waals surface area contributed by atoms with E-state index >= 15 is 0 Å².